The predicted octanol–water partition coefficient (Wildman–Crippen LogP) is 7.76. The smallest absolute Gasteiger partial charge is 0.252 e. The summed E-state index contributed by atoms with van der Waals surface area (Å²) in [5.41, 5.74) is 5.45. The van der Waals surface area contributed by atoms with Gasteiger partial charge in [0.05, 0.1) is 6.61 Å². The SMILES string of the molecule is CN(C)c1ccc(CNC(=O)[C@]2(Cc3ccccc3Br)N=C(c3ccc(OCCCO)cc3)O[C@@H]2c2ccc(-c3ccccc3)cc2)cc1. The van der Waals surface area contributed by atoms with Crippen LogP contribution in [0.3, 0.4) is 0 Å². The number of rotatable bonds is 13. The third-order valence-corrected chi connectivity index (χ3v) is 9.45. The lowest BCUT2D eigenvalue weighted by molar-refractivity contribution is -0.129. The molecule has 1 aliphatic rings. The lowest BCUT2D eigenvalue weighted by atomic mass is 9.81. The number of hydrogen-bond acceptors (Lipinski definition) is 6. The van der Waals surface area contributed by atoms with Crippen molar-refractivity contribution in [3.05, 3.63) is 154 Å². The zero-order chi connectivity index (χ0) is 34.2. The van der Waals surface area contributed by atoms with E-state index >= 15 is 0 Å². The van der Waals surface area contributed by atoms with Crippen LogP contribution in [0.15, 0.2) is 137 Å². The molecule has 7 nitrogen and oxygen atoms in total. The number of carbonyl (C=O) groups is 1. The van der Waals surface area contributed by atoms with E-state index in [9.17, 15) is 4.79 Å². The fraction of sp³-hybridized carbons (Fsp3) is 0.220. The highest BCUT2D eigenvalue weighted by atomic mass is 79.9. The minimum atomic E-state index is -1.33. The first-order chi connectivity index (χ1) is 23.9. The van der Waals surface area contributed by atoms with E-state index in [-0.39, 0.29) is 12.5 Å². The number of aliphatic hydroxyl groups is 1. The van der Waals surface area contributed by atoms with E-state index in [0.29, 0.717) is 37.6 Å². The van der Waals surface area contributed by atoms with Crippen molar-refractivity contribution in [2.45, 2.75) is 31.0 Å². The summed E-state index contributed by atoms with van der Waals surface area (Å²) in [4.78, 5) is 22.0. The lowest BCUT2D eigenvalue weighted by Crippen LogP contribution is -2.49. The standard InChI is InChI=1S/C41H40BrN3O4/c1-45(2)35-21-13-29(14-22-35)28-43-40(47)41(27-34-11-6-7-12-37(34)42)38(32-17-15-31(16-18-32)30-9-4-3-5-10-30)49-39(44-41)33-19-23-36(24-20-33)48-26-8-25-46/h3-7,9-24,38,46H,8,25-28H2,1-2H3,(H,43,47)/t38-,41-/m1/s1. The van der Waals surface area contributed by atoms with Crippen LogP contribution in [0.1, 0.15) is 34.8 Å². The highest BCUT2D eigenvalue weighted by molar-refractivity contribution is 9.10. The summed E-state index contributed by atoms with van der Waals surface area (Å²) in [6.07, 6.45) is 0.141. The van der Waals surface area contributed by atoms with Crippen LogP contribution in [0.4, 0.5) is 5.69 Å². The van der Waals surface area contributed by atoms with E-state index < -0.39 is 11.6 Å². The first-order valence-electron chi connectivity index (χ1n) is 16.4. The summed E-state index contributed by atoms with van der Waals surface area (Å²) in [5.74, 6) is 0.842. The molecule has 1 aliphatic heterocycles. The molecule has 2 N–H and O–H groups in total. The molecule has 250 valence electrons. The van der Waals surface area contributed by atoms with Gasteiger partial charge in [-0.1, -0.05) is 101 Å². The maximum atomic E-state index is 14.7. The molecular formula is C41H40BrN3O4. The number of nitrogens with zero attached hydrogens (tertiary/aromatic N) is 2. The molecule has 0 saturated carbocycles. The molecule has 5 aromatic rings. The van der Waals surface area contributed by atoms with E-state index in [1.54, 1.807) is 0 Å². The second-order valence-corrected chi connectivity index (χ2v) is 13.1. The number of ether oxygens (including phenoxy) is 2. The Morgan fingerprint density at radius 1 is 0.857 bits per heavy atom. The molecule has 2 atom stereocenters. The summed E-state index contributed by atoms with van der Waals surface area (Å²) >= 11 is 3.72. The minimum absolute atomic E-state index is 0.0690. The predicted molar refractivity (Wildman–Crippen MR) is 199 cm³/mol. The molecule has 8 heteroatoms. The maximum Gasteiger partial charge on any atom is 0.252 e. The molecule has 0 fully saturated rings. The topological polar surface area (TPSA) is 83.4 Å². The summed E-state index contributed by atoms with van der Waals surface area (Å²) in [7, 11) is 4.00. The zero-order valence-corrected chi connectivity index (χ0v) is 29.3. The molecular weight excluding hydrogens is 678 g/mol. The fourth-order valence-electron chi connectivity index (χ4n) is 5.94. The quantitative estimate of drug-likeness (QED) is 0.122. The average molecular weight is 719 g/mol. The molecule has 1 amide bonds. The Morgan fingerprint density at radius 2 is 1.51 bits per heavy atom. The van der Waals surface area contributed by atoms with Crippen LogP contribution < -0.4 is 15.0 Å². The average Bonchev–Trinajstić information content (AvgIpc) is 3.53. The fourth-order valence-corrected chi connectivity index (χ4v) is 6.37. The van der Waals surface area contributed by atoms with Gasteiger partial charge in [0.1, 0.15) is 5.75 Å². The second kappa shape index (κ2) is 15.5. The number of benzene rings is 5. The van der Waals surface area contributed by atoms with Crippen LogP contribution in [-0.2, 0) is 22.5 Å². The van der Waals surface area contributed by atoms with Crippen molar-refractivity contribution in [2.24, 2.45) is 4.99 Å². The Kier molecular flexibility index (Phi) is 10.8. The molecule has 0 aliphatic carbocycles. The van der Waals surface area contributed by atoms with Crippen molar-refractivity contribution in [3.8, 4) is 16.9 Å². The highest BCUT2D eigenvalue weighted by Crippen LogP contribution is 2.44. The summed E-state index contributed by atoms with van der Waals surface area (Å²) < 4.78 is 13.4. The number of nitrogens with one attached hydrogen (secondary N) is 1. The molecule has 49 heavy (non-hydrogen) atoms. The van der Waals surface area contributed by atoms with Gasteiger partial charge in [0.15, 0.2) is 11.6 Å². The van der Waals surface area contributed by atoms with Crippen LogP contribution in [0.5, 0.6) is 5.75 Å². The van der Waals surface area contributed by atoms with Crippen molar-refractivity contribution in [2.75, 3.05) is 32.2 Å². The first-order valence-corrected chi connectivity index (χ1v) is 17.2. The summed E-state index contributed by atoms with van der Waals surface area (Å²) in [5, 5.41) is 12.3. The third kappa shape index (κ3) is 7.88. The van der Waals surface area contributed by atoms with Crippen molar-refractivity contribution >= 4 is 33.4 Å². The number of amides is 1. The molecule has 0 saturated heterocycles. The first kappa shape index (κ1) is 34.0. The van der Waals surface area contributed by atoms with Gasteiger partial charge in [0.2, 0.25) is 5.90 Å². The van der Waals surface area contributed by atoms with Gasteiger partial charge in [0, 0.05) is 55.8 Å². The van der Waals surface area contributed by atoms with Crippen LogP contribution >= 0.6 is 15.9 Å². The molecule has 0 spiro atoms. The van der Waals surface area contributed by atoms with Gasteiger partial charge < -0.3 is 24.8 Å². The highest BCUT2D eigenvalue weighted by Gasteiger charge is 2.53. The number of aliphatic hydroxyl groups excluding tert-OH is 1. The Balaban J connectivity index is 1.40. The zero-order valence-electron chi connectivity index (χ0n) is 27.7. The number of aliphatic imine (C=N–C) groups is 1. The monoisotopic (exact) mass is 717 g/mol. The Labute approximate surface area is 296 Å². The van der Waals surface area contributed by atoms with E-state index in [1.165, 1.54) is 0 Å². The minimum Gasteiger partial charge on any atom is -0.494 e. The molecule has 0 aromatic heterocycles. The van der Waals surface area contributed by atoms with E-state index in [4.69, 9.17) is 19.6 Å². The summed E-state index contributed by atoms with van der Waals surface area (Å²) in [6, 6.07) is 42.0. The van der Waals surface area contributed by atoms with Crippen LogP contribution in [0.2, 0.25) is 0 Å². The Bertz CT molecular complexity index is 1880. The normalized spacial score (nSPS) is 16.8. The van der Waals surface area contributed by atoms with Crippen LogP contribution in [-0.4, -0.2) is 49.8 Å². The molecule has 6 rings (SSSR count). The largest absolute Gasteiger partial charge is 0.494 e. The molecule has 1 heterocycles. The molecule has 0 bridgehead atoms. The van der Waals surface area contributed by atoms with E-state index in [0.717, 1.165) is 43.5 Å². The van der Waals surface area contributed by atoms with E-state index in [2.05, 4.69) is 45.5 Å². The van der Waals surface area contributed by atoms with Gasteiger partial charge in [-0.05, 0) is 70.3 Å². The van der Waals surface area contributed by atoms with Crippen molar-refractivity contribution in [1.29, 1.82) is 0 Å². The molecule has 0 unspecified atom stereocenters. The number of anilines is 1. The van der Waals surface area contributed by atoms with Gasteiger partial charge in [-0.25, -0.2) is 4.99 Å². The second-order valence-electron chi connectivity index (χ2n) is 12.3. The Hall–Kier alpha value is -4.92. The molecule has 5 aromatic carbocycles. The lowest BCUT2D eigenvalue weighted by Gasteiger charge is -2.31. The van der Waals surface area contributed by atoms with Crippen LogP contribution in [0.25, 0.3) is 11.1 Å². The van der Waals surface area contributed by atoms with Crippen molar-refractivity contribution < 1.29 is 19.4 Å². The van der Waals surface area contributed by atoms with Gasteiger partial charge in [-0.2, -0.15) is 0 Å². The third-order valence-electron chi connectivity index (χ3n) is 8.67. The van der Waals surface area contributed by atoms with Crippen molar-refractivity contribution in [1.82, 2.24) is 5.32 Å². The van der Waals surface area contributed by atoms with Gasteiger partial charge in [-0.3, -0.25) is 4.79 Å². The Morgan fingerprint density at radius 3 is 2.18 bits per heavy atom. The van der Waals surface area contributed by atoms with Gasteiger partial charge in [0.25, 0.3) is 5.91 Å². The number of carbonyl (C=O) groups excluding carboxylic acids is 1. The van der Waals surface area contributed by atoms with E-state index in [1.807, 2.05) is 122 Å². The van der Waals surface area contributed by atoms with Gasteiger partial charge >= 0.3 is 0 Å². The van der Waals surface area contributed by atoms with Crippen LogP contribution in [0, 0.1) is 0 Å². The maximum absolute atomic E-state index is 14.7. The number of halogens is 1. The number of hydrogen-bond donors (Lipinski definition) is 2. The molecule has 0 radical (unpaired) electrons. The summed E-state index contributed by atoms with van der Waals surface area (Å²) in [6.45, 7) is 0.829. The van der Waals surface area contributed by atoms with Gasteiger partial charge in [-0.15, -0.1) is 0 Å². The van der Waals surface area contributed by atoms with Crippen molar-refractivity contribution in [3.63, 3.8) is 0 Å².